The lowest BCUT2D eigenvalue weighted by Gasteiger charge is -2.31. The highest BCUT2D eigenvalue weighted by molar-refractivity contribution is 9.10. The highest BCUT2D eigenvalue weighted by Crippen LogP contribution is 2.19. The molecular formula is C17H21BrFN3O3. The standard InChI is InChI=1S/C17H21BrFN3O3/c1-20-16(24)11-5-8-22(9-6-11)15(23)4-7-21-17(25)13-10-12(19)2-3-14(13)18/h2-3,10-11H,4-9H2,1H3,(H,20,24)(H,21,25). The second-order valence-electron chi connectivity index (χ2n) is 5.90. The molecule has 1 saturated heterocycles. The van der Waals surface area contributed by atoms with Gasteiger partial charge in [-0.15, -0.1) is 0 Å². The Kier molecular flexibility index (Phi) is 6.92. The lowest BCUT2D eigenvalue weighted by molar-refractivity contribution is -0.135. The maximum atomic E-state index is 13.2. The predicted octanol–water partition coefficient (Wildman–Crippen LogP) is 1.69. The fraction of sp³-hybridized carbons (Fsp3) is 0.471. The molecular weight excluding hydrogens is 393 g/mol. The first-order chi connectivity index (χ1) is 11.9. The number of amides is 3. The van der Waals surface area contributed by atoms with Gasteiger partial charge in [0.05, 0.1) is 5.56 Å². The predicted molar refractivity (Wildman–Crippen MR) is 94.4 cm³/mol. The van der Waals surface area contributed by atoms with E-state index in [-0.39, 0.29) is 36.3 Å². The summed E-state index contributed by atoms with van der Waals surface area (Å²) in [6.45, 7) is 1.26. The number of halogens is 2. The fourth-order valence-corrected chi connectivity index (χ4v) is 3.23. The van der Waals surface area contributed by atoms with Gasteiger partial charge in [0.15, 0.2) is 0 Å². The van der Waals surface area contributed by atoms with E-state index in [9.17, 15) is 18.8 Å². The second kappa shape index (κ2) is 8.94. The molecule has 0 atom stereocenters. The molecule has 0 aliphatic carbocycles. The zero-order valence-corrected chi connectivity index (χ0v) is 15.6. The van der Waals surface area contributed by atoms with Crippen LogP contribution in [0.5, 0.6) is 0 Å². The molecule has 0 saturated carbocycles. The Labute approximate surface area is 154 Å². The maximum Gasteiger partial charge on any atom is 0.252 e. The van der Waals surface area contributed by atoms with E-state index in [1.807, 2.05) is 0 Å². The van der Waals surface area contributed by atoms with E-state index >= 15 is 0 Å². The van der Waals surface area contributed by atoms with Gasteiger partial charge in [0.1, 0.15) is 5.82 Å². The van der Waals surface area contributed by atoms with Gasteiger partial charge in [0, 0.05) is 43.5 Å². The van der Waals surface area contributed by atoms with Crippen molar-refractivity contribution in [3.05, 3.63) is 34.1 Å². The molecule has 1 aliphatic rings. The molecule has 0 bridgehead atoms. The van der Waals surface area contributed by atoms with Crippen molar-refractivity contribution in [2.24, 2.45) is 5.92 Å². The Morgan fingerprint density at radius 2 is 1.96 bits per heavy atom. The van der Waals surface area contributed by atoms with Gasteiger partial charge in [-0.25, -0.2) is 4.39 Å². The first-order valence-electron chi connectivity index (χ1n) is 8.15. The Balaban J connectivity index is 1.76. The molecule has 6 nitrogen and oxygen atoms in total. The van der Waals surface area contributed by atoms with Crippen molar-refractivity contribution < 1.29 is 18.8 Å². The average Bonchev–Trinajstić information content (AvgIpc) is 2.62. The van der Waals surface area contributed by atoms with Crippen LogP contribution in [0, 0.1) is 11.7 Å². The first-order valence-corrected chi connectivity index (χ1v) is 8.94. The molecule has 2 N–H and O–H groups in total. The quantitative estimate of drug-likeness (QED) is 0.770. The Morgan fingerprint density at radius 3 is 2.60 bits per heavy atom. The summed E-state index contributed by atoms with van der Waals surface area (Å²) >= 11 is 3.20. The largest absolute Gasteiger partial charge is 0.359 e. The van der Waals surface area contributed by atoms with Crippen LogP contribution in [0.4, 0.5) is 4.39 Å². The van der Waals surface area contributed by atoms with Crippen LogP contribution >= 0.6 is 15.9 Å². The molecule has 8 heteroatoms. The minimum atomic E-state index is -0.497. The molecule has 2 rings (SSSR count). The van der Waals surface area contributed by atoms with E-state index in [2.05, 4.69) is 26.6 Å². The van der Waals surface area contributed by atoms with Crippen molar-refractivity contribution in [3.63, 3.8) is 0 Å². The highest BCUT2D eigenvalue weighted by atomic mass is 79.9. The van der Waals surface area contributed by atoms with Gasteiger partial charge >= 0.3 is 0 Å². The zero-order valence-electron chi connectivity index (χ0n) is 14.0. The number of benzene rings is 1. The van der Waals surface area contributed by atoms with Gasteiger partial charge in [-0.2, -0.15) is 0 Å². The normalized spacial score (nSPS) is 14.9. The molecule has 0 unspecified atom stereocenters. The molecule has 0 aromatic heterocycles. The second-order valence-corrected chi connectivity index (χ2v) is 6.75. The number of rotatable bonds is 5. The molecule has 3 amide bonds. The smallest absolute Gasteiger partial charge is 0.252 e. The van der Waals surface area contributed by atoms with Crippen LogP contribution in [-0.2, 0) is 9.59 Å². The molecule has 1 aromatic carbocycles. The molecule has 0 spiro atoms. The van der Waals surface area contributed by atoms with Crippen LogP contribution in [0.15, 0.2) is 22.7 Å². The van der Waals surface area contributed by atoms with E-state index < -0.39 is 11.7 Å². The third-order valence-corrected chi connectivity index (χ3v) is 4.95. The van der Waals surface area contributed by atoms with E-state index in [1.54, 1.807) is 11.9 Å². The summed E-state index contributed by atoms with van der Waals surface area (Å²) in [5, 5.41) is 5.26. The summed E-state index contributed by atoms with van der Waals surface area (Å²) < 4.78 is 13.7. The lowest BCUT2D eigenvalue weighted by Crippen LogP contribution is -2.43. The minimum absolute atomic E-state index is 0.0139. The van der Waals surface area contributed by atoms with Crippen molar-refractivity contribution >= 4 is 33.7 Å². The van der Waals surface area contributed by atoms with E-state index in [0.29, 0.717) is 30.4 Å². The third kappa shape index (κ3) is 5.26. The summed E-state index contributed by atoms with van der Waals surface area (Å²) in [4.78, 5) is 37.5. The van der Waals surface area contributed by atoms with Crippen molar-refractivity contribution in [1.82, 2.24) is 15.5 Å². The summed E-state index contributed by atoms with van der Waals surface area (Å²) in [6, 6.07) is 3.86. The van der Waals surface area contributed by atoms with Crippen molar-refractivity contribution in [3.8, 4) is 0 Å². The Hall–Kier alpha value is -1.96. The zero-order chi connectivity index (χ0) is 18.4. The number of nitrogens with zero attached hydrogens (tertiary/aromatic N) is 1. The van der Waals surface area contributed by atoms with Gasteiger partial charge < -0.3 is 15.5 Å². The van der Waals surface area contributed by atoms with Crippen molar-refractivity contribution in [1.29, 1.82) is 0 Å². The van der Waals surface area contributed by atoms with Crippen LogP contribution in [-0.4, -0.2) is 49.3 Å². The summed E-state index contributed by atoms with van der Waals surface area (Å²) in [5.74, 6) is -1.02. The van der Waals surface area contributed by atoms with Gasteiger partial charge in [-0.3, -0.25) is 14.4 Å². The minimum Gasteiger partial charge on any atom is -0.359 e. The van der Waals surface area contributed by atoms with E-state index in [1.165, 1.54) is 12.1 Å². The van der Waals surface area contributed by atoms with Crippen LogP contribution in [0.1, 0.15) is 29.6 Å². The number of piperidine rings is 1. The SMILES string of the molecule is CNC(=O)C1CCN(C(=O)CCNC(=O)c2cc(F)ccc2Br)CC1. The van der Waals surface area contributed by atoms with Crippen molar-refractivity contribution in [2.45, 2.75) is 19.3 Å². The van der Waals surface area contributed by atoms with Gasteiger partial charge in [-0.1, -0.05) is 0 Å². The topological polar surface area (TPSA) is 78.5 Å². The summed E-state index contributed by atoms with van der Waals surface area (Å²) in [5.41, 5.74) is 0.193. The van der Waals surface area contributed by atoms with Gasteiger partial charge in [0.25, 0.3) is 5.91 Å². The van der Waals surface area contributed by atoms with Crippen LogP contribution in [0.2, 0.25) is 0 Å². The highest BCUT2D eigenvalue weighted by Gasteiger charge is 2.26. The first kappa shape index (κ1) is 19.4. The number of carbonyl (C=O) groups excluding carboxylic acids is 3. The maximum absolute atomic E-state index is 13.2. The van der Waals surface area contributed by atoms with Gasteiger partial charge in [-0.05, 0) is 47.0 Å². The van der Waals surface area contributed by atoms with E-state index in [0.717, 1.165) is 6.07 Å². The van der Waals surface area contributed by atoms with Crippen LogP contribution in [0.25, 0.3) is 0 Å². The van der Waals surface area contributed by atoms with E-state index in [4.69, 9.17) is 0 Å². The number of carbonyl (C=O) groups is 3. The molecule has 25 heavy (non-hydrogen) atoms. The Bertz CT molecular complexity index is 661. The molecule has 1 aromatic rings. The molecule has 1 heterocycles. The molecule has 1 aliphatic heterocycles. The fourth-order valence-electron chi connectivity index (χ4n) is 2.80. The summed E-state index contributed by atoms with van der Waals surface area (Å²) in [7, 11) is 1.61. The monoisotopic (exact) mass is 413 g/mol. The Morgan fingerprint density at radius 1 is 1.28 bits per heavy atom. The third-order valence-electron chi connectivity index (χ3n) is 4.26. The average molecular weight is 414 g/mol. The molecule has 0 radical (unpaired) electrons. The number of likely N-dealkylation sites (tertiary alicyclic amines) is 1. The lowest BCUT2D eigenvalue weighted by atomic mass is 9.96. The summed E-state index contributed by atoms with van der Waals surface area (Å²) in [6.07, 6.45) is 1.46. The number of hydrogen-bond acceptors (Lipinski definition) is 3. The van der Waals surface area contributed by atoms with Gasteiger partial charge in [0.2, 0.25) is 11.8 Å². The molecule has 1 fully saturated rings. The van der Waals surface area contributed by atoms with Crippen molar-refractivity contribution in [2.75, 3.05) is 26.7 Å². The van der Waals surface area contributed by atoms with Crippen LogP contribution in [0.3, 0.4) is 0 Å². The number of nitrogens with one attached hydrogen (secondary N) is 2. The number of hydrogen-bond donors (Lipinski definition) is 2. The van der Waals surface area contributed by atoms with Crippen LogP contribution < -0.4 is 10.6 Å². The molecule has 136 valence electrons.